The van der Waals surface area contributed by atoms with E-state index >= 15 is 0 Å². The van der Waals surface area contributed by atoms with Crippen LogP contribution >= 0.6 is 35.3 Å². The van der Waals surface area contributed by atoms with E-state index in [1.165, 1.54) is 14.7 Å². The van der Waals surface area contributed by atoms with Crippen molar-refractivity contribution in [3.63, 3.8) is 0 Å². The molecule has 0 amide bonds. The van der Waals surface area contributed by atoms with Crippen LogP contribution in [0.4, 0.5) is 13.2 Å². The summed E-state index contributed by atoms with van der Waals surface area (Å²) in [5, 5.41) is 6.44. The molecule has 0 aliphatic carbocycles. The van der Waals surface area contributed by atoms with Crippen LogP contribution in [0.2, 0.25) is 0 Å². The molecule has 24 heavy (non-hydrogen) atoms. The van der Waals surface area contributed by atoms with E-state index < -0.39 is 12.7 Å². The van der Waals surface area contributed by atoms with Gasteiger partial charge in [0, 0.05) is 29.9 Å². The van der Waals surface area contributed by atoms with E-state index in [2.05, 4.69) is 34.7 Å². The van der Waals surface area contributed by atoms with E-state index in [4.69, 9.17) is 0 Å². The van der Waals surface area contributed by atoms with Crippen LogP contribution in [0.15, 0.2) is 17.1 Å². The monoisotopic (exact) mass is 476 g/mol. The zero-order valence-corrected chi connectivity index (χ0v) is 17.0. The molecule has 0 saturated carbocycles. The number of nitrogens with one attached hydrogen (secondary N) is 2. The molecule has 1 aromatic rings. The smallest absolute Gasteiger partial charge is 0.356 e. The van der Waals surface area contributed by atoms with E-state index in [1.807, 2.05) is 0 Å². The molecule has 0 aromatic carbocycles. The molecule has 1 aromatic heterocycles. The fourth-order valence-electron chi connectivity index (χ4n) is 2.69. The Labute approximate surface area is 161 Å². The van der Waals surface area contributed by atoms with Crippen LogP contribution in [-0.4, -0.2) is 50.3 Å². The van der Waals surface area contributed by atoms with Crippen LogP contribution in [0, 0.1) is 12.8 Å². The Morgan fingerprint density at radius 1 is 1.38 bits per heavy atom. The summed E-state index contributed by atoms with van der Waals surface area (Å²) in [7, 11) is 1.69. The average molecular weight is 476 g/mol. The number of nitrogens with zero attached hydrogens (tertiary/aromatic N) is 2. The largest absolute Gasteiger partial charge is 0.401 e. The first-order valence-electron chi connectivity index (χ1n) is 7.64. The third-order valence-corrected chi connectivity index (χ3v) is 4.78. The van der Waals surface area contributed by atoms with Crippen LogP contribution in [0.1, 0.15) is 16.2 Å². The van der Waals surface area contributed by atoms with Crippen molar-refractivity contribution in [3.05, 3.63) is 21.9 Å². The summed E-state index contributed by atoms with van der Waals surface area (Å²) >= 11 is 1.73. The lowest BCUT2D eigenvalue weighted by molar-refractivity contribution is -0.143. The number of thiophene rings is 1. The maximum atomic E-state index is 12.4. The number of hydrogen-bond donors (Lipinski definition) is 2. The summed E-state index contributed by atoms with van der Waals surface area (Å²) in [6.07, 6.45) is -3.33. The van der Waals surface area contributed by atoms with Gasteiger partial charge in [0.15, 0.2) is 5.96 Å². The van der Waals surface area contributed by atoms with Crippen LogP contribution in [-0.2, 0) is 6.54 Å². The molecule has 0 bridgehead atoms. The topological polar surface area (TPSA) is 39.7 Å². The minimum Gasteiger partial charge on any atom is -0.356 e. The number of aliphatic imine (C=N–C) groups is 1. The second kappa shape index (κ2) is 9.81. The second-order valence-electron chi connectivity index (χ2n) is 5.82. The van der Waals surface area contributed by atoms with Crippen molar-refractivity contribution in [1.29, 1.82) is 0 Å². The van der Waals surface area contributed by atoms with Crippen molar-refractivity contribution in [1.82, 2.24) is 15.5 Å². The van der Waals surface area contributed by atoms with Crippen molar-refractivity contribution < 1.29 is 13.2 Å². The number of alkyl halides is 3. The minimum atomic E-state index is -4.11. The van der Waals surface area contributed by atoms with E-state index in [0.717, 1.165) is 6.42 Å². The molecular formula is C15H24F3IN4S. The highest BCUT2D eigenvalue weighted by atomic mass is 127. The van der Waals surface area contributed by atoms with E-state index in [-0.39, 0.29) is 29.9 Å². The highest BCUT2D eigenvalue weighted by Gasteiger charge is 2.34. The molecular weight excluding hydrogens is 452 g/mol. The first-order chi connectivity index (χ1) is 10.9. The molecule has 1 unspecified atom stereocenters. The molecule has 2 heterocycles. The molecule has 1 fully saturated rings. The summed E-state index contributed by atoms with van der Waals surface area (Å²) in [5.74, 6) is 0.908. The Morgan fingerprint density at radius 2 is 2.12 bits per heavy atom. The predicted molar refractivity (Wildman–Crippen MR) is 103 cm³/mol. The van der Waals surface area contributed by atoms with Gasteiger partial charge in [-0.25, -0.2) is 0 Å². The van der Waals surface area contributed by atoms with Crippen molar-refractivity contribution >= 4 is 41.3 Å². The second-order valence-corrected chi connectivity index (χ2v) is 7.20. The van der Waals surface area contributed by atoms with Gasteiger partial charge in [-0.15, -0.1) is 35.3 Å². The molecule has 1 atom stereocenters. The maximum Gasteiger partial charge on any atom is 0.401 e. The molecule has 9 heteroatoms. The maximum absolute atomic E-state index is 12.4. The van der Waals surface area contributed by atoms with Gasteiger partial charge in [-0.3, -0.25) is 9.89 Å². The van der Waals surface area contributed by atoms with Gasteiger partial charge in [0.05, 0.1) is 13.1 Å². The van der Waals surface area contributed by atoms with Crippen LogP contribution in [0.5, 0.6) is 0 Å². The number of hydrogen-bond acceptors (Lipinski definition) is 3. The van der Waals surface area contributed by atoms with Crippen molar-refractivity contribution in [2.24, 2.45) is 10.9 Å². The Balaban J connectivity index is 0.00000288. The van der Waals surface area contributed by atoms with Gasteiger partial charge in [-0.1, -0.05) is 0 Å². The Hall–Kier alpha value is -0.550. The lowest BCUT2D eigenvalue weighted by Crippen LogP contribution is -2.40. The summed E-state index contributed by atoms with van der Waals surface area (Å²) in [5.41, 5.74) is 0. The first-order valence-corrected chi connectivity index (χ1v) is 8.46. The van der Waals surface area contributed by atoms with Gasteiger partial charge >= 0.3 is 6.18 Å². The quantitative estimate of drug-likeness (QED) is 0.390. The third-order valence-electron chi connectivity index (χ3n) is 3.78. The summed E-state index contributed by atoms with van der Waals surface area (Å²) in [6, 6.07) is 4.15. The van der Waals surface area contributed by atoms with E-state index in [0.29, 0.717) is 32.1 Å². The lowest BCUT2D eigenvalue weighted by Gasteiger charge is -2.18. The van der Waals surface area contributed by atoms with E-state index in [1.54, 1.807) is 18.4 Å². The van der Waals surface area contributed by atoms with E-state index in [9.17, 15) is 13.2 Å². The fourth-order valence-corrected chi connectivity index (χ4v) is 3.52. The number of halogens is 4. The summed E-state index contributed by atoms with van der Waals surface area (Å²) in [4.78, 5) is 8.11. The number of guanidine groups is 1. The lowest BCUT2D eigenvalue weighted by atomic mass is 10.1. The normalized spacial score (nSPS) is 19.2. The molecule has 4 nitrogen and oxygen atoms in total. The Kier molecular flexibility index (Phi) is 8.78. The van der Waals surface area contributed by atoms with Crippen molar-refractivity contribution in [2.75, 3.05) is 33.2 Å². The first kappa shape index (κ1) is 21.5. The molecule has 0 spiro atoms. The highest BCUT2D eigenvalue weighted by Crippen LogP contribution is 2.22. The molecule has 138 valence electrons. The zero-order valence-electron chi connectivity index (χ0n) is 13.8. The van der Waals surface area contributed by atoms with Crippen molar-refractivity contribution in [2.45, 2.75) is 26.1 Å². The SMILES string of the molecule is CN=C(NCc1ccc(C)s1)NCC1CCN(CC(F)(F)F)C1.I. The third kappa shape index (κ3) is 7.56. The predicted octanol–water partition coefficient (Wildman–Crippen LogP) is 3.22. The van der Waals surface area contributed by atoms with Crippen LogP contribution in [0.3, 0.4) is 0 Å². The van der Waals surface area contributed by atoms with Gasteiger partial charge in [-0.05, 0) is 37.9 Å². The van der Waals surface area contributed by atoms with Crippen LogP contribution in [0.25, 0.3) is 0 Å². The molecule has 1 aliphatic heterocycles. The van der Waals surface area contributed by atoms with Crippen molar-refractivity contribution in [3.8, 4) is 0 Å². The zero-order chi connectivity index (χ0) is 16.9. The fraction of sp³-hybridized carbons (Fsp3) is 0.667. The Bertz CT molecular complexity index is 533. The molecule has 1 saturated heterocycles. The Morgan fingerprint density at radius 3 is 2.71 bits per heavy atom. The van der Waals surface area contributed by atoms with Crippen LogP contribution < -0.4 is 10.6 Å². The average Bonchev–Trinajstić information content (AvgIpc) is 3.06. The van der Waals surface area contributed by atoms with Gasteiger partial charge in [0.1, 0.15) is 0 Å². The van der Waals surface area contributed by atoms with Gasteiger partial charge in [0.2, 0.25) is 0 Å². The number of rotatable bonds is 5. The number of aryl methyl sites for hydroxylation is 1. The summed E-state index contributed by atoms with van der Waals surface area (Å²) in [6.45, 7) is 3.57. The minimum absolute atomic E-state index is 0. The standard InChI is InChI=1S/C15H23F3N4S.HI/c1-11-3-4-13(23-11)8-21-14(19-2)20-7-12-5-6-22(9-12)10-15(16,17)18;/h3-4,12H,5-10H2,1-2H3,(H2,19,20,21);1H. The number of likely N-dealkylation sites (tertiary alicyclic amines) is 1. The van der Waals surface area contributed by atoms with Gasteiger partial charge in [0.25, 0.3) is 0 Å². The summed E-state index contributed by atoms with van der Waals surface area (Å²) < 4.78 is 37.1. The van der Waals surface area contributed by atoms with Gasteiger partial charge < -0.3 is 10.6 Å². The molecule has 0 radical (unpaired) electrons. The molecule has 2 rings (SSSR count). The van der Waals surface area contributed by atoms with Gasteiger partial charge in [-0.2, -0.15) is 13.2 Å². The highest BCUT2D eigenvalue weighted by molar-refractivity contribution is 14.0. The molecule has 2 N–H and O–H groups in total. The molecule has 1 aliphatic rings.